The highest BCUT2D eigenvalue weighted by Gasteiger charge is 2.50. The zero-order valence-electron chi connectivity index (χ0n) is 31.4. The molecule has 0 aliphatic carbocycles. The molecule has 8 aromatic carbocycles. The Labute approximate surface area is 323 Å². The van der Waals surface area contributed by atoms with Crippen LogP contribution in [0.2, 0.25) is 5.04 Å². The van der Waals surface area contributed by atoms with Gasteiger partial charge in [-0.15, -0.1) is 0 Å². The maximum atomic E-state index is 2.57. The molecule has 55 heavy (non-hydrogen) atoms. The molecule has 0 saturated carbocycles. The molecule has 0 bridgehead atoms. The molecule has 10 rings (SSSR count). The second kappa shape index (κ2) is 12.9. The van der Waals surface area contributed by atoms with E-state index in [0.29, 0.717) is 0 Å². The fraction of sp³-hybridized carbons (Fsp3) is 0.0769. The minimum absolute atomic E-state index is 0.0586. The van der Waals surface area contributed by atoms with Crippen LogP contribution in [0.3, 0.4) is 0 Å². The van der Waals surface area contributed by atoms with Crippen LogP contribution in [0.25, 0.3) is 66.1 Å². The molecule has 10 aromatic rings. The molecular weight excluding hydrogens is 681 g/mol. The Balaban J connectivity index is 1.29. The van der Waals surface area contributed by atoms with E-state index in [-0.39, 0.29) is 5.04 Å². The molecule has 0 fully saturated rings. The van der Waals surface area contributed by atoms with E-state index in [1.54, 1.807) is 0 Å². The van der Waals surface area contributed by atoms with Crippen molar-refractivity contribution in [2.24, 2.45) is 0 Å². The van der Waals surface area contributed by atoms with E-state index in [0.717, 1.165) is 5.69 Å². The zero-order chi connectivity index (χ0) is 37.1. The number of fused-ring (bicyclic) bond motifs is 6. The number of para-hydroxylation sites is 3. The number of benzene rings is 8. The summed E-state index contributed by atoms with van der Waals surface area (Å²) in [5.41, 5.74) is 9.69. The molecule has 2 aromatic heterocycles. The Bertz CT molecular complexity index is 2960. The summed E-state index contributed by atoms with van der Waals surface area (Å²) in [5, 5.41) is 9.29. The topological polar surface area (TPSA) is 9.86 Å². The summed E-state index contributed by atoms with van der Waals surface area (Å²) in [6.45, 7) is 7.37. The summed E-state index contributed by atoms with van der Waals surface area (Å²) in [6, 6.07) is 74.3. The maximum absolute atomic E-state index is 2.71. The normalized spacial score (nSPS) is 12.3. The molecule has 0 spiro atoms. The number of hydrogen-bond donors (Lipinski definition) is 0. The predicted octanol–water partition coefficient (Wildman–Crippen LogP) is 11.8. The van der Waals surface area contributed by atoms with Gasteiger partial charge in [0.25, 0.3) is 0 Å². The molecular formula is C52H42N2Si. The van der Waals surface area contributed by atoms with Crippen molar-refractivity contribution in [1.82, 2.24) is 9.13 Å². The first-order valence-corrected chi connectivity index (χ1v) is 21.3. The minimum atomic E-state index is -2.71. The summed E-state index contributed by atoms with van der Waals surface area (Å²) in [7, 11) is -2.71. The zero-order valence-corrected chi connectivity index (χ0v) is 32.4. The van der Waals surface area contributed by atoms with Crippen LogP contribution in [0.5, 0.6) is 0 Å². The largest absolute Gasteiger partial charge is 0.309 e. The van der Waals surface area contributed by atoms with Gasteiger partial charge < -0.3 is 9.13 Å². The first kappa shape index (κ1) is 33.2. The summed E-state index contributed by atoms with van der Waals surface area (Å²) in [4.78, 5) is 0. The van der Waals surface area contributed by atoms with Crippen molar-refractivity contribution in [3.63, 3.8) is 0 Å². The fourth-order valence-electron chi connectivity index (χ4n) is 9.55. The van der Waals surface area contributed by atoms with Gasteiger partial charge in [-0.05, 0) is 74.2 Å². The average Bonchev–Trinajstić information content (AvgIpc) is 3.75. The molecule has 0 amide bonds. The Kier molecular flexibility index (Phi) is 7.76. The van der Waals surface area contributed by atoms with E-state index in [1.165, 1.54) is 76.0 Å². The highest BCUT2D eigenvalue weighted by atomic mass is 28.3. The van der Waals surface area contributed by atoms with Crippen LogP contribution in [-0.4, -0.2) is 17.2 Å². The molecule has 0 aliphatic rings. The monoisotopic (exact) mass is 722 g/mol. The van der Waals surface area contributed by atoms with Crippen molar-refractivity contribution >= 4 is 67.2 Å². The highest BCUT2D eigenvalue weighted by Crippen LogP contribution is 2.41. The van der Waals surface area contributed by atoms with Crippen molar-refractivity contribution < 1.29 is 0 Å². The van der Waals surface area contributed by atoms with Crippen molar-refractivity contribution in [2.75, 3.05) is 0 Å². The number of rotatable bonds is 6. The third kappa shape index (κ3) is 5.07. The van der Waals surface area contributed by atoms with Gasteiger partial charge in [-0.25, -0.2) is 0 Å². The van der Waals surface area contributed by atoms with Gasteiger partial charge in [-0.2, -0.15) is 0 Å². The Hall–Kier alpha value is -6.42. The molecule has 3 heteroatoms. The van der Waals surface area contributed by atoms with E-state index in [2.05, 4.69) is 230 Å². The number of nitrogens with zero attached hydrogens (tertiary/aromatic N) is 2. The SMILES string of the molecule is CC(C)(C)[Si](c1ccccc1)(c1ccccc1)c1cccc2c3ccccc3n(-c3ccc4c(c3)c3ccccc3n4-c3cccc(-c4ccccc4)c3)c12. The van der Waals surface area contributed by atoms with Crippen molar-refractivity contribution in [1.29, 1.82) is 0 Å². The van der Waals surface area contributed by atoms with Crippen LogP contribution in [0.4, 0.5) is 0 Å². The lowest BCUT2D eigenvalue weighted by Gasteiger charge is -2.45. The molecule has 264 valence electrons. The van der Waals surface area contributed by atoms with Crippen LogP contribution in [0.15, 0.2) is 200 Å². The standard InChI is InChI=1S/C52H42N2Si/c1-52(2,3)55(41-23-9-5-10-24-41,42-25-11-6-12-26-42)50-32-18-29-45-43-27-13-16-31-48(43)54(51(45)50)40-33-34-49-46(36-40)44-28-14-15-30-47(44)53(49)39-22-17-21-38(35-39)37-19-7-4-8-20-37/h4-36H,1-3H3. The summed E-state index contributed by atoms with van der Waals surface area (Å²) < 4.78 is 5.00. The first-order valence-electron chi connectivity index (χ1n) is 19.3. The Morgan fingerprint density at radius 3 is 1.51 bits per heavy atom. The van der Waals surface area contributed by atoms with Gasteiger partial charge in [0.15, 0.2) is 8.07 Å². The quantitative estimate of drug-likeness (QED) is 0.119. The molecule has 2 heterocycles. The van der Waals surface area contributed by atoms with Gasteiger partial charge in [0, 0.05) is 32.9 Å². The van der Waals surface area contributed by atoms with Crippen molar-refractivity contribution in [3.05, 3.63) is 200 Å². The van der Waals surface area contributed by atoms with Crippen LogP contribution in [0, 0.1) is 0 Å². The second-order valence-electron chi connectivity index (χ2n) is 15.8. The van der Waals surface area contributed by atoms with E-state index < -0.39 is 8.07 Å². The van der Waals surface area contributed by atoms with Gasteiger partial charge in [0.05, 0.1) is 22.1 Å². The third-order valence-electron chi connectivity index (χ3n) is 11.8. The molecule has 0 unspecified atom stereocenters. The minimum Gasteiger partial charge on any atom is -0.309 e. The summed E-state index contributed by atoms with van der Waals surface area (Å²) in [5.74, 6) is 0. The third-order valence-corrected chi connectivity index (χ3v) is 17.6. The lowest BCUT2D eigenvalue weighted by molar-refractivity contribution is 0.739. The van der Waals surface area contributed by atoms with Crippen LogP contribution in [0.1, 0.15) is 20.8 Å². The van der Waals surface area contributed by atoms with E-state index in [9.17, 15) is 0 Å². The van der Waals surface area contributed by atoms with E-state index in [4.69, 9.17) is 0 Å². The van der Waals surface area contributed by atoms with Gasteiger partial charge in [0.2, 0.25) is 0 Å². The molecule has 0 saturated heterocycles. The molecule has 0 atom stereocenters. The van der Waals surface area contributed by atoms with Gasteiger partial charge in [-0.3, -0.25) is 0 Å². The molecule has 0 radical (unpaired) electrons. The van der Waals surface area contributed by atoms with Crippen LogP contribution < -0.4 is 15.6 Å². The highest BCUT2D eigenvalue weighted by molar-refractivity contribution is 7.14. The average molecular weight is 723 g/mol. The summed E-state index contributed by atoms with van der Waals surface area (Å²) >= 11 is 0. The fourth-order valence-corrected chi connectivity index (χ4v) is 15.4. The lowest BCUT2D eigenvalue weighted by Crippen LogP contribution is -2.72. The van der Waals surface area contributed by atoms with E-state index >= 15 is 0 Å². The number of aromatic nitrogens is 2. The van der Waals surface area contributed by atoms with Crippen LogP contribution >= 0.6 is 0 Å². The van der Waals surface area contributed by atoms with Gasteiger partial charge in [-0.1, -0.05) is 178 Å². The van der Waals surface area contributed by atoms with Crippen molar-refractivity contribution in [3.8, 4) is 22.5 Å². The molecule has 0 N–H and O–H groups in total. The van der Waals surface area contributed by atoms with E-state index in [1.807, 2.05) is 0 Å². The number of hydrogen-bond acceptors (Lipinski definition) is 0. The van der Waals surface area contributed by atoms with Crippen molar-refractivity contribution in [2.45, 2.75) is 25.8 Å². The molecule has 0 aliphatic heterocycles. The smallest absolute Gasteiger partial charge is 0.156 e. The summed E-state index contributed by atoms with van der Waals surface area (Å²) in [6.07, 6.45) is 0. The lowest BCUT2D eigenvalue weighted by atomic mass is 10.1. The van der Waals surface area contributed by atoms with Gasteiger partial charge >= 0.3 is 0 Å². The van der Waals surface area contributed by atoms with Crippen LogP contribution in [-0.2, 0) is 0 Å². The Morgan fingerprint density at radius 1 is 0.364 bits per heavy atom. The predicted molar refractivity (Wildman–Crippen MR) is 238 cm³/mol. The Morgan fingerprint density at radius 2 is 0.855 bits per heavy atom. The first-order chi connectivity index (χ1) is 26.9. The van der Waals surface area contributed by atoms with Gasteiger partial charge in [0.1, 0.15) is 0 Å². The molecule has 2 nitrogen and oxygen atoms in total. The second-order valence-corrected chi connectivity index (χ2v) is 20.5. The maximum Gasteiger partial charge on any atom is 0.156 e.